The lowest BCUT2D eigenvalue weighted by Gasteiger charge is -2.36. The van der Waals surface area contributed by atoms with Gasteiger partial charge in [-0.25, -0.2) is 0 Å². The van der Waals surface area contributed by atoms with Crippen LogP contribution < -0.4 is 25.2 Å². The minimum absolute atomic E-state index is 0.0224. The van der Waals surface area contributed by atoms with Gasteiger partial charge in [0, 0.05) is 44.9 Å². The average molecular weight is 615 g/mol. The fraction of sp³-hybridized carbons (Fsp3) is 0.276. The Morgan fingerprint density at radius 1 is 0.977 bits per heavy atom. The molecule has 0 saturated carbocycles. The standard InChI is InChI=1S/C29H29F3N6O6/c1-35-13-15-37(16-14-35)22-9-5-4-8-21(22)36(2)27(40)18-11-12-20(24(17-18)44-3)33-26(39)19-7-6-10-23(38(42)43)25(19)34-28(41)29(30,31)32/h4-12,17H,13-16H2,1-3H3,(H,33,39)(H,34,41). The van der Waals surface area contributed by atoms with Crippen molar-refractivity contribution in [2.45, 2.75) is 6.18 Å². The van der Waals surface area contributed by atoms with E-state index < -0.39 is 39.9 Å². The van der Waals surface area contributed by atoms with Crippen LogP contribution in [0.1, 0.15) is 20.7 Å². The number of ether oxygens (including phenoxy) is 1. The number of nitrogens with zero attached hydrogens (tertiary/aromatic N) is 4. The first kappa shape index (κ1) is 31.7. The van der Waals surface area contributed by atoms with Gasteiger partial charge >= 0.3 is 12.1 Å². The number of anilines is 4. The maximum Gasteiger partial charge on any atom is 0.471 e. The van der Waals surface area contributed by atoms with Gasteiger partial charge in [-0.05, 0) is 43.4 Å². The molecular weight excluding hydrogens is 585 g/mol. The Hall–Kier alpha value is -5.18. The molecule has 0 atom stereocenters. The van der Waals surface area contributed by atoms with E-state index in [0.29, 0.717) is 5.69 Å². The molecule has 3 aromatic carbocycles. The van der Waals surface area contributed by atoms with Gasteiger partial charge in [-0.15, -0.1) is 0 Å². The minimum atomic E-state index is -5.36. The summed E-state index contributed by atoms with van der Waals surface area (Å²) in [4.78, 5) is 54.6. The number of hydrogen-bond donors (Lipinski definition) is 2. The van der Waals surface area contributed by atoms with Crippen LogP contribution in [0.4, 0.5) is 41.6 Å². The normalized spacial score (nSPS) is 13.6. The first-order valence-electron chi connectivity index (χ1n) is 13.3. The molecule has 0 unspecified atom stereocenters. The molecule has 15 heteroatoms. The SMILES string of the molecule is COc1cc(C(=O)N(C)c2ccccc2N2CCN(C)CC2)ccc1NC(=O)c1cccc([N+](=O)[O-])c1NC(=O)C(F)(F)F. The number of nitro benzene ring substituents is 1. The van der Waals surface area contributed by atoms with Crippen molar-refractivity contribution in [3.05, 3.63) is 81.9 Å². The molecule has 1 heterocycles. The van der Waals surface area contributed by atoms with Crippen molar-refractivity contribution in [3.8, 4) is 5.75 Å². The Balaban J connectivity index is 1.59. The molecule has 3 amide bonds. The Labute approximate surface area is 250 Å². The zero-order valence-electron chi connectivity index (χ0n) is 24.0. The number of carbonyl (C=O) groups is 3. The Kier molecular flexibility index (Phi) is 9.37. The third-order valence-corrected chi connectivity index (χ3v) is 7.07. The van der Waals surface area contributed by atoms with E-state index >= 15 is 0 Å². The van der Waals surface area contributed by atoms with Crippen molar-refractivity contribution in [2.75, 3.05) is 67.8 Å². The molecule has 0 aromatic heterocycles. The summed E-state index contributed by atoms with van der Waals surface area (Å²) in [6.07, 6.45) is -5.36. The van der Waals surface area contributed by atoms with Crippen molar-refractivity contribution in [2.24, 2.45) is 0 Å². The molecule has 1 aliphatic heterocycles. The highest BCUT2D eigenvalue weighted by molar-refractivity contribution is 6.13. The largest absolute Gasteiger partial charge is 0.495 e. The van der Waals surface area contributed by atoms with Crippen LogP contribution in [0.2, 0.25) is 0 Å². The van der Waals surface area contributed by atoms with Crippen molar-refractivity contribution in [1.29, 1.82) is 0 Å². The number of alkyl halides is 3. The molecule has 0 bridgehead atoms. The smallest absolute Gasteiger partial charge is 0.471 e. The van der Waals surface area contributed by atoms with Gasteiger partial charge in [0.2, 0.25) is 0 Å². The fourth-order valence-electron chi connectivity index (χ4n) is 4.68. The quantitative estimate of drug-likeness (QED) is 0.282. The third-order valence-electron chi connectivity index (χ3n) is 7.07. The molecule has 4 rings (SSSR count). The van der Waals surface area contributed by atoms with Gasteiger partial charge in [0.25, 0.3) is 17.5 Å². The molecule has 1 aliphatic rings. The van der Waals surface area contributed by atoms with E-state index in [0.717, 1.165) is 50.1 Å². The average Bonchev–Trinajstić information content (AvgIpc) is 3.00. The van der Waals surface area contributed by atoms with E-state index in [9.17, 15) is 37.7 Å². The van der Waals surface area contributed by atoms with Crippen LogP contribution in [0.15, 0.2) is 60.7 Å². The summed E-state index contributed by atoms with van der Waals surface area (Å²) < 4.78 is 44.1. The van der Waals surface area contributed by atoms with Gasteiger partial charge in [-0.1, -0.05) is 18.2 Å². The lowest BCUT2D eigenvalue weighted by atomic mass is 10.1. The third kappa shape index (κ3) is 6.89. The number of carbonyl (C=O) groups excluding carboxylic acids is 3. The second-order valence-electron chi connectivity index (χ2n) is 9.92. The topological polar surface area (TPSA) is 137 Å². The summed E-state index contributed by atoms with van der Waals surface area (Å²) in [7, 11) is 4.97. The number of hydrogen-bond acceptors (Lipinski definition) is 8. The number of nitro groups is 1. The van der Waals surface area contributed by atoms with Gasteiger partial charge in [-0.2, -0.15) is 13.2 Å². The number of methoxy groups -OCH3 is 1. The molecule has 232 valence electrons. The van der Waals surface area contributed by atoms with Crippen LogP contribution in [0, 0.1) is 10.1 Å². The maximum atomic E-state index is 13.5. The van der Waals surface area contributed by atoms with Crippen LogP contribution in [0.5, 0.6) is 5.75 Å². The highest BCUT2D eigenvalue weighted by Crippen LogP contribution is 2.34. The van der Waals surface area contributed by atoms with E-state index in [1.807, 2.05) is 31.3 Å². The number of rotatable bonds is 8. The Bertz CT molecular complexity index is 1590. The van der Waals surface area contributed by atoms with E-state index in [-0.39, 0.29) is 22.9 Å². The number of benzene rings is 3. The van der Waals surface area contributed by atoms with E-state index in [1.54, 1.807) is 7.05 Å². The van der Waals surface area contributed by atoms with E-state index in [4.69, 9.17) is 4.74 Å². The van der Waals surface area contributed by atoms with E-state index in [1.165, 1.54) is 35.5 Å². The molecule has 1 fully saturated rings. The zero-order chi connectivity index (χ0) is 32.2. The molecule has 12 nitrogen and oxygen atoms in total. The second-order valence-corrected chi connectivity index (χ2v) is 9.92. The van der Waals surface area contributed by atoms with Crippen LogP contribution >= 0.6 is 0 Å². The zero-order valence-corrected chi connectivity index (χ0v) is 24.0. The number of halogens is 3. The molecule has 2 N–H and O–H groups in total. The predicted molar refractivity (Wildman–Crippen MR) is 158 cm³/mol. The maximum absolute atomic E-state index is 13.5. The summed E-state index contributed by atoms with van der Waals surface area (Å²) in [5.41, 5.74) is -0.612. The van der Waals surface area contributed by atoms with Crippen molar-refractivity contribution < 1.29 is 37.2 Å². The summed E-state index contributed by atoms with van der Waals surface area (Å²) in [5.74, 6) is -3.89. The summed E-state index contributed by atoms with van der Waals surface area (Å²) in [5, 5.41) is 15.3. The number of amides is 3. The molecule has 1 saturated heterocycles. The first-order valence-corrected chi connectivity index (χ1v) is 13.3. The number of likely N-dealkylation sites (N-methyl/N-ethyl adjacent to an activating group) is 1. The van der Waals surface area contributed by atoms with Gasteiger partial charge < -0.3 is 30.1 Å². The lowest BCUT2D eigenvalue weighted by Crippen LogP contribution is -2.45. The fourth-order valence-corrected chi connectivity index (χ4v) is 4.68. The number of para-hydroxylation sites is 3. The molecule has 0 spiro atoms. The molecule has 0 radical (unpaired) electrons. The molecule has 3 aromatic rings. The molecular formula is C29H29F3N6O6. The number of piperazine rings is 1. The number of nitrogens with one attached hydrogen (secondary N) is 2. The van der Waals surface area contributed by atoms with Crippen LogP contribution in [-0.2, 0) is 4.79 Å². The monoisotopic (exact) mass is 614 g/mol. The van der Waals surface area contributed by atoms with Gasteiger partial charge in [0.15, 0.2) is 0 Å². The summed E-state index contributed by atoms with van der Waals surface area (Å²) in [6.45, 7) is 3.35. The van der Waals surface area contributed by atoms with Crippen molar-refractivity contribution >= 4 is 46.2 Å². The van der Waals surface area contributed by atoms with Crippen LogP contribution in [0.25, 0.3) is 0 Å². The highest BCUT2D eigenvalue weighted by Gasteiger charge is 2.40. The second kappa shape index (κ2) is 13.0. The Morgan fingerprint density at radius 2 is 1.66 bits per heavy atom. The van der Waals surface area contributed by atoms with Crippen molar-refractivity contribution in [3.63, 3.8) is 0 Å². The predicted octanol–water partition coefficient (Wildman–Crippen LogP) is 4.38. The van der Waals surface area contributed by atoms with Crippen LogP contribution in [0.3, 0.4) is 0 Å². The summed E-state index contributed by atoms with van der Waals surface area (Å²) >= 11 is 0. The lowest BCUT2D eigenvalue weighted by molar-refractivity contribution is -0.384. The van der Waals surface area contributed by atoms with Crippen LogP contribution in [-0.4, -0.2) is 81.1 Å². The molecule has 44 heavy (non-hydrogen) atoms. The Morgan fingerprint density at radius 3 is 2.30 bits per heavy atom. The van der Waals surface area contributed by atoms with Gasteiger partial charge in [0.1, 0.15) is 11.4 Å². The summed E-state index contributed by atoms with van der Waals surface area (Å²) in [6, 6.07) is 14.6. The van der Waals surface area contributed by atoms with E-state index in [2.05, 4.69) is 15.1 Å². The van der Waals surface area contributed by atoms with Gasteiger partial charge in [0.05, 0.1) is 34.7 Å². The van der Waals surface area contributed by atoms with Gasteiger partial charge in [-0.3, -0.25) is 24.5 Å². The molecule has 0 aliphatic carbocycles. The highest BCUT2D eigenvalue weighted by atomic mass is 19.4. The van der Waals surface area contributed by atoms with Crippen molar-refractivity contribution in [1.82, 2.24) is 4.90 Å². The minimum Gasteiger partial charge on any atom is -0.495 e. The first-order chi connectivity index (χ1) is 20.8.